The van der Waals surface area contributed by atoms with Gasteiger partial charge in [0.2, 0.25) is 11.8 Å². The van der Waals surface area contributed by atoms with Gasteiger partial charge in [0, 0.05) is 24.3 Å². The third-order valence-electron chi connectivity index (χ3n) is 2.94. The number of benzene rings is 1. The number of anilines is 2. The van der Waals surface area contributed by atoms with Crippen molar-refractivity contribution in [2.24, 2.45) is 0 Å². The maximum atomic E-state index is 11.8. The Labute approximate surface area is 120 Å². The lowest BCUT2D eigenvalue weighted by Crippen LogP contribution is -2.32. The number of nitrogens with two attached hydrogens (primary N) is 1. The summed E-state index contributed by atoms with van der Waals surface area (Å²) in [4.78, 5) is 35.7. The molecule has 1 heterocycles. The van der Waals surface area contributed by atoms with Crippen LogP contribution in [0.15, 0.2) is 18.2 Å². The van der Waals surface area contributed by atoms with E-state index in [1.54, 1.807) is 12.1 Å². The van der Waals surface area contributed by atoms with Crippen LogP contribution in [0, 0.1) is 6.92 Å². The Balaban J connectivity index is 1.91. The van der Waals surface area contributed by atoms with Crippen LogP contribution in [0.5, 0.6) is 0 Å². The Morgan fingerprint density at radius 2 is 2.20 bits per heavy atom. The summed E-state index contributed by atoms with van der Waals surface area (Å²) in [5.41, 5.74) is 7.77. The van der Waals surface area contributed by atoms with Gasteiger partial charge in [-0.25, -0.2) is 0 Å². The summed E-state index contributed by atoms with van der Waals surface area (Å²) >= 11 is 0.963. The van der Waals surface area contributed by atoms with Crippen molar-refractivity contribution < 1.29 is 14.4 Å². The van der Waals surface area contributed by atoms with Crippen molar-refractivity contribution in [3.05, 3.63) is 23.8 Å². The molecule has 0 radical (unpaired) electrons. The van der Waals surface area contributed by atoms with Gasteiger partial charge < -0.3 is 11.1 Å². The summed E-state index contributed by atoms with van der Waals surface area (Å²) in [5.74, 6) is -0.335. The van der Waals surface area contributed by atoms with Crippen molar-refractivity contribution in [1.82, 2.24) is 4.90 Å². The van der Waals surface area contributed by atoms with Gasteiger partial charge in [-0.2, -0.15) is 0 Å². The molecule has 1 saturated heterocycles. The molecule has 0 aliphatic carbocycles. The molecule has 0 atom stereocenters. The Morgan fingerprint density at radius 3 is 2.85 bits per heavy atom. The summed E-state index contributed by atoms with van der Waals surface area (Å²) in [6.07, 6.45) is 0.0757. The lowest BCUT2D eigenvalue weighted by Gasteiger charge is -2.13. The van der Waals surface area contributed by atoms with Crippen molar-refractivity contribution in [3.8, 4) is 0 Å². The van der Waals surface area contributed by atoms with Gasteiger partial charge in [0.15, 0.2) is 0 Å². The second kappa shape index (κ2) is 5.96. The topological polar surface area (TPSA) is 92.5 Å². The van der Waals surface area contributed by atoms with Crippen LogP contribution >= 0.6 is 11.8 Å². The van der Waals surface area contributed by atoms with E-state index in [4.69, 9.17) is 5.73 Å². The first-order chi connectivity index (χ1) is 9.47. The highest BCUT2D eigenvalue weighted by atomic mass is 32.2. The minimum absolute atomic E-state index is 0.0757. The zero-order valence-corrected chi connectivity index (χ0v) is 11.8. The van der Waals surface area contributed by atoms with E-state index in [1.807, 2.05) is 13.0 Å². The van der Waals surface area contributed by atoms with Gasteiger partial charge in [-0.3, -0.25) is 19.3 Å². The number of carbonyl (C=O) groups excluding carboxylic acids is 3. The fraction of sp³-hybridized carbons (Fsp3) is 0.308. The van der Waals surface area contributed by atoms with Crippen molar-refractivity contribution in [2.45, 2.75) is 13.3 Å². The molecule has 0 spiro atoms. The lowest BCUT2D eigenvalue weighted by atomic mass is 10.2. The highest BCUT2D eigenvalue weighted by Gasteiger charge is 2.29. The molecule has 0 bridgehead atoms. The number of nitrogen functional groups attached to an aromatic ring is 1. The molecule has 2 rings (SSSR count). The van der Waals surface area contributed by atoms with Crippen LogP contribution in [0.4, 0.5) is 16.2 Å². The Kier molecular flexibility index (Phi) is 4.29. The fourth-order valence-electron chi connectivity index (χ4n) is 1.80. The molecule has 3 N–H and O–H groups in total. The van der Waals surface area contributed by atoms with Gasteiger partial charge in [0.1, 0.15) is 0 Å². The average molecular weight is 293 g/mol. The third kappa shape index (κ3) is 3.30. The predicted octanol–water partition coefficient (Wildman–Crippen LogP) is 1.60. The van der Waals surface area contributed by atoms with Crippen LogP contribution in [0.25, 0.3) is 0 Å². The smallest absolute Gasteiger partial charge is 0.288 e. The first-order valence-corrected chi connectivity index (χ1v) is 7.09. The molecule has 0 unspecified atom stereocenters. The first kappa shape index (κ1) is 14.4. The maximum Gasteiger partial charge on any atom is 0.288 e. The summed E-state index contributed by atoms with van der Waals surface area (Å²) < 4.78 is 0. The number of hydrogen-bond acceptors (Lipinski definition) is 5. The highest BCUT2D eigenvalue weighted by Crippen LogP contribution is 2.20. The Bertz CT molecular complexity index is 558. The van der Waals surface area contributed by atoms with E-state index in [0.717, 1.165) is 22.2 Å². The van der Waals surface area contributed by atoms with Crippen molar-refractivity contribution in [2.75, 3.05) is 23.3 Å². The number of aryl methyl sites for hydroxylation is 1. The van der Waals surface area contributed by atoms with E-state index in [-0.39, 0.29) is 35.8 Å². The monoisotopic (exact) mass is 293 g/mol. The van der Waals surface area contributed by atoms with Gasteiger partial charge in [-0.05, 0) is 24.6 Å². The number of nitrogens with zero attached hydrogens (tertiary/aromatic N) is 1. The number of thioether (sulfide) groups is 1. The molecule has 1 fully saturated rings. The van der Waals surface area contributed by atoms with Gasteiger partial charge in [-0.1, -0.05) is 17.8 Å². The second-order valence-corrected chi connectivity index (χ2v) is 5.40. The van der Waals surface area contributed by atoms with E-state index in [0.29, 0.717) is 11.4 Å². The molecule has 106 valence electrons. The van der Waals surface area contributed by atoms with E-state index in [9.17, 15) is 14.4 Å². The SMILES string of the molecule is Cc1ccc(N)cc1NC(=O)CCN1C(=O)CSC1=O. The minimum Gasteiger partial charge on any atom is -0.399 e. The van der Waals surface area contributed by atoms with Crippen molar-refractivity contribution in [3.63, 3.8) is 0 Å². The molecular weight excluding hydrogens is 278 g/mol. The van der Waals surface area contributed by atoms with Crippen LogP contribution in [0.3, 0.4) is 0 Å². The summed E-state index contributed by atoms with van der Waals surface area (Å²) in [5, 5.41) is 2.44. The molecule has 1 aliphatic rings. The van der Waals surface area contributed by atoms with Gasteiger partial charge in [0.05, 0.1) is 5.75 Å². The fourth-order valence-corrected chi connectivity index (χ4v) is 2.55. The standard InChI is InChI=1S/C13H15N3O3S/c1-8-2-3-9(14)6-10(8)15-11(17)4-5-16-12(18)7-20-13(16)19/h2-3,6H,4-5,7,14H2,1H3,(H,15,17). The Hall–Kier alpha value is -2.02. The number of nitrogens with one attached hydrogen (secondary N) is 1. The first-order valence-electron chi connectivity index (χ1n) is 6.10. The number of imide groups is 1. The molecule has 3 amide bonds. The molecule has 1 aromatic carbocycles. The van der Waals surface area contributed by atoms with Crippen LogP contribution < -0.4 is 11.1 Å². The van der Waals surface area contributed by atoms with Crippen LogP contribution in [0.1, 0.15) is 12.0 Å². The van der Waals surface area contributed by atoms with Crippen LogP contribution in [-0.4, -0.2) is 34.3 Å². The van der Waals surface area contributed by atoms with Gasteiger partial charge in [0.25, 0.3) is 5.24 Å². The van der Waals surface area contributed by atoms with Crippen LogP contribution in [0.2, 0.25) is 0 Å². The quantitative estimate of drug-likeness (QED) is 0.823. The van der Waals surface area contributed by atoms with E-state index in [2.05, 4.69) is 5.32 Å². The molecule has 0 saturated carbocycles. The largest absolute Gasteiger partial charge is 0.399 e. The molecule has 1 aliphatic heterocycles. The van der Waals surface area contributed by atoms with Crippen molar-refractivity contribution >= 4 is 40.2 Å². The van der Waals surface area contributed by atoms with E-state index in [1.165, 1.54) is 0 Å². The zero-order valence-electron chi connectivity index (χ0n) is 11.0. The van der Waals surface area contributed by atoms with E-state index < -0.39 is 0 Å². The zero-order chi connectivity index (χ0) is 14.7. The average Bonchev–Trinajstić information content (AvgIpc) is 2.71. The summed E-state index contributed by atoms with van der Waals surface area (Å²) in [7, 11) is 0. The molecule has 7 heteroatoms. The predicted molar refractivity (Wildman–Crippen MR) is 78.4 cm³/mol. The molecule has 6 nitrogen and oxygen atoms in total. The molecule has 1 aromatic rings. The summed E-state index contributed by atoms with van der Waals surface area (Å²) in [6, 6.07) is 5.24. The van der Waals surface area contributed by atoms with Crippen molar-refractivity contribution in [1.29, 1.82) is 0 Å². The summed E-state index contributed by atoms with van der Waals surface area (Å²) in [6.45, 7) is 1.97. The number of carbonyl (C=O) groups is 3. The number of rotatable bonds is 4. The van der Waals surface area contributed by atoms with Gasteiger partial charge >= 0.3 is 0 Å². The minimum atomic E-state index is -0.289. The normalized spacial score (nSPS) is 14.8. The van der Waals surface area contributed by atoms with Crippen LogP contribution in [-0.2, 0) is 9.59 Å². The molecular formula is C13H15N3O3S. The van der Waals surface area contributed by atoms with Gasteiger partial charge in [-0.15, -0.1) is 0 Å². The number of hydrogen-bond donors (Lipinski definition) is 2. The second-order valence-electron chi connectivity index (χ2n) is 4.47. The maximum absolute atomic E-state index is 11.8. The number of amides is 3. The third-order valence-corrected chi connectivity index (χ3v) is 3.80. The lowest BCUT2D eigenvalue weighted by molar-refractivity contribution is -0.125. The highest BCUT2D eigenvalue weighted by molar-refractivity contribution is 8.14. The van der Waals surface area contributed by atoms with E-state index >= 15 is 0 Å². The molecule has 20 heavy (non-hydrogen) atoms. The Morgan fingerprint density at radius 1 is 1.45 bits per heavy atom. The molecule has 0 aromatic heterocycles.